The number of carbonyl (C=O) groups is 1. The van der Waals surface area contributed by atoms with Crippen LogP contribution in [0.5, 0.6) is 0 Å². The number of fused-ring (bicyclic) bond motifs is 3. The molecule has 4 rings (SSSR count). The van der Waals surface area contributed by atoms with Crippen LogP contribution in [0.1, 0.15) is 23.2 Å². The van der Waals surface area contributed by atoms with Crippen LogP contribution < -0.4 is 10.6 Å². The van der Waals surface area contributed by atoms with Crippen LogP contribution in [0.15, 0.2) is 28.7 Å². The zero-order valence-corrected chi connectivity index (χ0v) is 14.0. The van der Waals surface area contributed by atoms with Crippen molar-refractivity contribution in [1.82, 2.24) is 15.5 Å². The first-order valence-corrected chi connectivity index (χ1v) is 8.42. The Morgan fingerprint density at radius 2 is 1.90 bits per heavy atom. The van der Waals surface area contributed by atoms with E-state index in [1.165, 1.54) is 25.9 Å². The molecule has 1 amide bonds. The van der Waals surface area contributed by atoms with Crippen molar-refractivity contribution >= 4 is 39.2 Å². The van der Waals surface area contributed by atoms with Gasteiger partial charge in [0.15, 0.2) is 5.11 Å². The van der Waals surface area contributed by atoms with E-state index in [-0.39, 0.29) is 5.91 Å². The number of thiocarbonyl (C=S) groups is 1. The molecule has 3 saturated heterocycles. The quantitative estimate of drug-likeness (QED) is 0.786. The molecule has 21 heavy (non-hydrogen) atoms. The summed E-state index contributed by atoms with van der Waals surface area (Å²) in [5, 5.41) is 6.51. The van der Waals surface area contributed by atoms with E-state index in [0.717, 1.165) is 11.0 Å². The van der Waals surface area contributed by atoms with Gasteiger partial charge in [-0.2, -0.15) is 0 Å². The third-order valence-electron chi connectivity index (χ3n) is 4.31. The van der Waals surface area contributed by atoms with Gasteiger partial charge in [0, 0.05) is 22.6 Å². The van der Waals surface area contributed by atoms with E-state index >= 15 is 0 Å². The summed E-state index contributed by atoms with van der Waals surface area (Å²) >= 11 is 8.64. The van der Waals surface area contributed by atoms with Gasteiger partial charge in [-0.3, -0.25) is 10.1 Å². The lowest BCUT2D eigenvalue weighted by Gasteiger charge is -2.45. The van der Waals surface area contributed by atoms with Gasteiger partial charge in [0.25, 0.3) is 5.91 Å². The highest BCUT2D eigenvalue weighted by atomic mass is 79.9. The predicted octanol–water partition coefficient (Wildman–Crippen LogP) is 2.15. The fourth-order valence-electron chi connectivity index (χ4n) is 3.11. The van der Waals surface area contributed by atoms with Gasteiger partial charge in [-0.25, -0.2) is 0 Å². The van der Waals surface area contributed by atoms with Crippen molar-refractivity contribution in [2.45, 2.75) is 18.9 Å². The first kappa shape index (κ1) is 14.9. The summed E-state index contributed by atoms with van der Waals surface area (Å²) in [5.74, 6) is 0.513. The van der Waals surface area contributed by atoms with Gasteiger partial charge in [-0.05, 0) is 68.3 Å². The van der Waals surface area contributed by atoms with Gasteiger partial charge in [-0.1, -0.05) is 15.9 Å². The fourth-order valence-corrected chi connectivity index (χ4v) is 3.62. The molecule has 2 N–H and O–H groups in total. The van der Waals surface area contributed by atoms with E-state index < -0.39 is 0 Å². The summed E-state index contributed by atoms with van der Waals surface area (Å²) in [6.45, 7) is 3.42. The number of carbonyl (C=O) groups excluding carboxylic acids is 1. The lowest BCUT2D eigenvalue weighted by Crippen LogP contribution is -2.59. The molecular weight excluding hydrogens is 350 g/mol. The molecule has 4 nitrogen and oxygen atoms in total. The average molecular weight is 368 g/mol. The molecule has 3 aliphatic rings. The van der Waals surface area contributed by atoms with E-state index in [1.54, 1.807) is 12.1 Å². The summed E-state index contributed by atoms with van der Waals surface area (Å²) in [7, 11) is 0. The maximum absolute atomic E-state index is 12.1. The molecule has 0 saturated carbocycles. The van der Waals surface area contributed by atoms with Crippen molar-refractivity contribution in [3.8, 4) is 0 Å². The Balaban J connectivity index is 1.54. The molecule has 1 atom stereocenters. The highest BCUT2D eigenvalue weighted by Gasteiger charge is 2.34. The molecular formula is C15H18BrN3OS. The number of halogens is 1. The lowest BCUT2D eigenvalue weighted by molar-refractivity contribution is 0.0807. The molecule has 0 aliphatic carbocycles. The molecule has 6 heteroatoms. The average Bonchev–Trinajstić information content (AvgIpc) is 2.49. The van der Waals surface area contributed by atoms with Crippen LogP contribution >= 0.6 is 28.1 Å². The SMILES string of the molecule is O=C(NC(=S)NC1CN2CCC1CC2)c1ccc(Br)cc1. The minimum Gasteiger partial charge on any atom is -0.358 e. The minimum atomic E-state index is -0.165. The maximum Gasteiger partial charge on any atom is 0.257 e. The molecule has 2 bridgehead atoms. The Morgan fingerprint density at radius 3 is 2.48 bits per heavy atom. The van der Waals surface area contributed by atoms with Gasteiger partial charge in [0.2, 0.25) is 0 Å². The number of rotatable bonds is 2. The second kappa shape index (κ2) is 6.42. The predicted molar refractivity (Wildman–Crippen MR) is 90.3 cm³/mol. The topological polar surface area (TPSA) is 44.4 Å². The molecule has 3 heterocycles. The van der Waals surface area contributed by atoms with Crippen LogP contribution in [-0.4, -0.2) is 41.6 Å². The Kier molecular flexibility index (Phi) is 4.57. The minimum absolute atomic E-state index is 0.165. The highest BCUT2D eigenvalue weighted by molar-refractivity contribution is 9.10. The van der Waals surface area contributed by atoms with Crippen LogP contribution in [0.4, 0.5) is 0 Å². The zero-order valence-electron chi connectivity index (χ0n) is 11.6. The third kappa shape index (κ3) is 3.62. The van der Waals surface area contributed by atoms with Crippen LogP contribution in [0.25, 0.3) is 0 Å². The number of nitrogens with zero attached hydrogens (tertiary/aromatic N) is 1. The number of amides is 1. The standard InChI is InChI=1S/C15H18BrN3OS/c16-12-3-1-11(2-4-12)14(20)18-15(21)17-13-9-19-7-5-10(13)6-8-19/h1-4,10,13H,5-9H2,(H2,17,18,20,21). The van der Waals surface area contributed by atoms with E-state index in [0.29, 0.717) is 22.6 Å². The molecule has 1 unspecified atom stereocenters. The maximum atomic E-state index is 12.1. The van der Waals surface area contributed by atoms with Gasteiger partial charge < -0.3 is 10.2 Å². The summed E-state index contributed by atoms with van der Waals surface area (Å²) < 4.78 is 0.951. The molecule has 0 spiro atoms. The third-order valence-corrected chi connectivity index (χ3v) is 5.05. The Hall–Kier alpha value is -0.980. The monoisotopic (exact) mass is 367 g/mol. The Morgan fingerprint density at radius 1 is 1.24 bits per heavy atom. The summed E-state index contributed by atoms with van der Waals surface area (Å²) in [6, 6.07) is 7.61. The molecule has 112 valence electrons. The van der Waals surface area contributed by atoms with Gasteiger partial charge in [-0.15, -0.1) is 0 Å². The number of hydrogen-bond acceptors (Lipinski definition) is 3. The fraction of sp³-hybridized carbons (Fsp3) is 0.467. The molecule has 0 aromatic heterocycles. The summed E-state index contributed by atoms with van der Waals surface area (Å²) in [6.07, 6.45) is 2.45. The largest absolute Gasteiger partial charge is 0.358 e. The van der Waals surface area contributed by atoms with Gasteiger partial charge in [0.05, 0.1) is 0 Å². The van der Waals surface area contributed by atoms with Crippen molar-refractivity contribution in [2.75, 3.05) is 19.6 Å². The first-order chi connectivity index (χ1) is 10.1. The number of piperidine rings is 3. The molecule has 3 fully saturated rings. The molecule has 0 radical (unpaired) electrons. The molecule has 3 aliphatic heterocycles. The van der Waals surface area contributed by atoms with Crippen molar-refractivity contribution in [3.05, 3.63) is 34.3 Å². The summed E-state index contributed by atoms with van der Waals surface area (Å²) in [4.78, 5) is 14.6. The number of hydrogen-bond donors (Lipinski definition) is 2. The molecule has 1 aromatic carbocycles. The van der Waals surface area contributed by atoms with Crippen LogP contribution in [0.2, 0.25) is 0 Å². The van der Waals surface area contributed by atoms with Crippen LogP contribution in [0.3, 0.4) is 0 Å². The second-order valence-corrected chi connectivity index (χ2v) is 7.00. The highest BCUT2D eigenvalue weighted by Crippen LogP contribution is 2.27. The van der Waals surface area contributed by atoms with Crippen molar-refractivity contribution in [3.63, 3.8) is 0 Å². The van der Waals surface area contributed by atoms with Crippen molar-refractivity contribution in [2.24, 2.45) is 5.92 Å². The van der Waals surface area contributed by atoms with E-state index in [1.807, 2.05) is 12.1 Å². The van der Waals surface area contributed by atoms with Crippen LogP contribution in [0, 0.1) is 5.92 Å². The van der Waals surface area contributed by atoms with Gasteiger partial charge >= 0.3 is 0 Å². The van der Waals surface area contributed by atoms with Gasteiger partial charge in [0.1, 0.15) is 0 Å². The van der Waals surface area contributed by atoms with Crippen molar-refractivity contribution < 1.29 is 4.79 Å². The first-order valence-electron chi connectivity index (χ1n) is 7.21. The van der Waals surface area contributed by atoms with E-state index in [4.69, 9.17) is 12.2 Å². The number of nitrogens with one attached hydrogen (secondary N) is 2. The smallest absolute Gasteiger partial charge is 0.257 e. The summed E-state index contributed by atoms with van der Waals surface area (Å²) in [5.41, 5.74) is 0.608. The Labute approximate surface area is 138 Å². The second-order valence-electron chi connectivity index (χ2n) is 5.68. The molecule has 1 aromatic rings. The lowest BCUT2D eigenvalue weighted by atomic mass is 9.84. The van der Waals surface area contributed by atoms with Crippen molar-refractivity contribution in [1.29, 1.82) is 0 Å². The normalized spacial score (nSPS) is 27.2. The van der Waals surface area contributed by atoms with E-state index in [2.05, 4.69) is 31.5 Å². The Bertz CT molecular complexity index is 540. The van der Waals surface area contributed by atoms with E-state index in [9.17, 15) is 4.79 Å². The zero-order chi connectivity index (χ0) is 14.8. The van der Waals surface area contributed by atoms with Crippen LogP contribution in [-0.2, 0) is 0 Å². The number of benzene rings is 1.